The molecule has 152 valence electrons. The van der Waals surface area contributed by atoms with Gasteiger partial charge in [0, 0.05) is 4.92 Å². The van der Waals surface area contributed by atoms with Gasteiger partial charge in [-0.05, 0) is 48.4 Å². The zero-order valence-corrected chi connectivity index (χ0v) is 16.1. The minimum absolute atomic E-state index is 0.0884. The van der Waals surface area contributed by atoms with Crippen LogP contribution < -0.4 is 14.2 Å². The maximum absolute atomic E-state index is 12.7. The van der Waals surface area contributed by atoms with Crippen molar-refractivity contribution in [2.24, 2.45) is 0 Å². The number of nitro groups is 1. The largest absolute Gasteiger partial charge is 0.497 e. The third-order valence-corrected chi connectivity index (χ3v) is 4.46. The highest BCUT2D eigenvalue weighted by Crippen LogP contribution is 2.37. The fraction of sp³-hybridized carbons (Fsp3) is 0.286. The molecule has 29 heavy (non-hydrogen) atoms. The lowest BCUT2D eigenvalue weighted by Gasteiger charge is -2.17. The van der Waals surface area contributed by atoms with E-state index in [2.05, 4.69) is 0 Å². The molecule has 0 aromatic heterocycles. The van der Waals surface area contributed by atoms with E-state index in [9.17, 15) is 14.9 Å². The SMILES string of the molecule is CCOC(=O)C(=Cc1ccc(OC)cc1)C(C[N+](=O)[O-])c1ccc2c(c1)OCO2. The molecule has 2 aromatic carbocycles. The lowest BCUT2D eigenvalue weighted by Crippen LogP contribution is -2.21. The van der Waals surface area contributed by atoms with Crippen LogP contribution >= 0.6 is 0 Å². The lowest BCUT2D eigenvalue weighted by atomic mass is 9.89. The Morgan fingerprint density at radius 2 is 1.93 bits per heavy atom. The van der Waals surface area contributed by atoms with Gasteiger partial charge in [-0.1, -0.05) is 18.2 Å². The first-order valence-electron chi connectivity index (χ1n) is 9.06. The number of carbonyl (C=O) groups excluding carboxylic acids is 1. The van der Waals surface area contributed by atoms with E-state index in [1.807, 2.05) is 0 Å². The summed E-state index contributed by atoms with van der Waals surface area (Å²) in [5, 5.41) is 11.4. The van der Waals surface area contributed by atoms with E-state index in [0.29, 0.717) is 28.4 Å². The third kappa shape index (κ3) is 4.84. The second-order valence-electron chi connectivity index (χ2n) is 6.27. The number of fused-ring (bicyclic) bond motifs is 1. The van der Waals surface area contributed by atoms with E-state index in [4.69, 9.17) is 18.9 Å². The van der Waals surface area contributed by atoms with Crippen molar-refractivity contribution >= 4 is 12.0 Å². The van der Waals surface area contributed by atoms with Gasteiger partial charge >= 0.3 is 5.97 Å². The highest BCUT2D eigenvalue weighted by Gasteiger charge is 2.30. The number of hydrogen-bond acceptors (Lipinski definition) is 7. The molecule has 2 aromatic rings. The van der Waals surface area contributed by atoms with Crippen molar-refractivity contribution in [2.45, 2.75) is 12.8 Å². The van der Waals surface area contributed by atoms with Gasteiger partial charge in [-0.15, -0.1) is 0 Å². The van der Waals surface area contributed by atoms with Crippen LogP contribution in [-0.4, -0.2) is 37.9 Å². The van der Waals surface area contributed by atoms with Crippen LogP contribution in [0.5, 0.6) is 17.2 Å². The Bertz CT molecular complexity index is 921. The summed E-state index contributed by atoms with van der Waals surface area (Å²) in [5.41, 5.74) is 1.45. The van der Waals surface area contributed by atoms with Gasteiger partial charge in [-0.25, -0.2) is 4.79 Å². The molecule has 0 saturated carbocycles. The van der Waals surface area contributed by atoms with E-state index in [-0.39, 0.29) is 19.0 Å². The van der Waals surface area contributed by atoms with Crippen LogP contribution in [0.1, 0.15) is 24.0 Å². The standard InChI is InChI=1S/C21H21NO7/c1-3-27-21(23)17(10-14-4-7-16(26-2)8-5-14)18(12-22(24)25)15-6-9-19-20(11-15)29-13-28-19/h4-11,18H,3,12-13H2,1-2H3. The number of hydrogen-bond donors (Lipinski definition) is 0. The summed E-state index contributed by atoms with van der Waals surface area (Å²) in [6.07, 6.45) is 1.61. The number of carbonyl (C=O) groups is 1. The summed E-state index contributed by atoms with van der Waals surface area (Å²) in [6.45, 7) is 1.46. The van der Waals surface area contributed by atoms with Crippen molar-refractivity contribution in [1.29, 1.82) is 0 Å². The molecule has 1 unspecified atom stereocenters. The van der Waals surface area contributed by atoms with E-state index >= 15 is 0 Å². The second kappa shape index (κ2) is 9.09. The van der Waals surface area contributed by atoms with Crippen molar-refractivity contribution in [3.8, 4) is 17.2 Å². The van der Waals surface area contributed by atoms with Crippen LogP contribution in [0, 0.1) is 10.1 Å². The number of methoxy groups -OCH3 is 1. The monoisotopic (exact) mass is 399 g/mol. The molecule has 1 atom stereocenters. The molecule has 0 spiro atoms. The van der Waals surface area contributed by atoms with Crippen LogP contribution in [0.4, 0.5) is 0 Å². The highest BCUT2D eigenvalue weighted by atomic mass is 16.7. The molecule has 0 amide bonds. The van der Waals surface area contributed by atoms with Gasteiger partial charge in [0.2, 0.25) is 13.3 Å². The molecule has 0 bridgehead atoms. The molecule has 0 radical (unpaired) electrons. The second-order valence-corrected chi connectivity index (χ2v) is 6.27. The average Bonchev–Trinajstić information content (AvgIpc) is 3.19. The normalized spacial score (nSPS) is 13.7. The van der Waals surface area contributed by atoms with E-state index in [0.717, 1.165) is 0 Å². The molecule has 1 aliphatic heterocycles. The Balaban J connectivity index is 2.05. The Kier molecular flexibility index (Phi) is 6.33. The highest BCUT2D eigenvalue weighted by molar-refractivity contribution is 5.95. The summed E-state index contributed by atoms with van der Waals surface area (Å²) in [4.78, 5) is 23.7. The molecule has 1 heterocycles. The number of rotatable bonds is 8. The van der Waals surface area contributed by atoms with Crippen molar-refractivity contribution in [3.05, 3.63) is 69.3 Å². The van der Waals surface area contributed by atoms with Crippen LogP contribution in [0.2, 0.25) is 0 Å². The Morgan fingerprint density at radius 1 is 1.21 bits per heavy atom. The first kappa shape index (κ1) is 20.2. The zero-order valence-electron chi connectivity index (χ0n) is 16.1. The van der Waals surface area contributed by atoms with E-state index < -0.39 is 23.4 Å². The van der Waals surface area contributed by atoms with Gasteiger partial charge in [-0.3, -0.25) is 10.1 Å². The zero-order chi connectivity index (χ0) is 20.8. The van der Waals surface area contributed by atoms with Crippen molar-refractivity contribution in [1.82, 2.24) is 0 Å². The summed E-state index contributed by atoms with van der Waals surface area (Å²) in [5.74, 6) is 0.292. The van der Waals surface area contributed by atoms with Gasteiger partial charge in [0.15, 0.2) is 11.5 Å². The summed E-state index contributed by atoms with van der Waals surface area (Å²) >= 11 is 0. The maximum atomic E-state index is 12.7. The molecular formula is C21H21NO7. The minimum Gasteiger partial charge on any atom is -0.497 e. The van der Waals surface area contributed by atoms with Crippen LogP contribution in [0.15, 0.2) is 48.0 Å². The molecule has 8 nitrogen and oxygen atoms in total. The average molecular weight is 399 g/mol. The van der Waals surface area contributed by atoms with Crippen molar-refractivity contribution < 1.29 is 28.7 Å². The number of ether oxygens (including phenoxy) is 4. The Labute approximate surface area is 167 Å². The molecule has 0 fully saturated rings. The molecule has 8 heteroatoms. The maximum Gasteiger partial charge on any atom is 0.334 e. The first-order chi connectivity index (χ1) is 14.0. The molecule has 0 aliphatic carbocycles. The van der Waals surface area contributed by atoms with Gasteiger partial charge in [0.05, 0.1) is 25.2 Å². The molecule has 1 aliphatic rings. The van der Waals surface area contributed by atoms with Crippen LogP contribution in [-0.2, 0) is 9.53 Å². The smallest absolute Gasteiger partial charge is 0.334 e. The fourth-order valence-electron chi connectivity index (χ4n) is 3.06. The fourth-order valence-corrected chi connectivity index (χ4v) is 3.06. The Hall–Kier alpha value is -3.55. The van der Waals surface area contributed by atoms with Gasteiger partial charge in [-0.2, -0.15) is 0 Å². The number of benzene rings is 2. The van der Waals surface area contributed by atoms with Crippen LogP contribution in [0.3, 0.4) is 0 Å². The molecular weight excluding hydrogens is 378 g/mol. The Morgan fingerprint density at radius 3 is 2.59 bits per heavy atom. The van der Waals surface area contributed by atoms with Crippen LogP contribution in [0.25, 0.3) is 6.08 Å². The first-order valence-corrected chi connectivity index (χ1v) is 9.06. The molecule has 0 N–H and O–H groups in total. The topological polar surface area (TPSA) is 97.1 Å². The van der Waals surface area contributed by atoms with Crippen molar-refractivity contribution in [2.75, 3.05) is 27.1 Å². The molecule has 0 saturated heterocycles. The van der Waals surface area contributed by atoms with E-state index in [1.165, 1.54) is 0 Å². The van der Waals surface area contributed by atoms with Gasteiger partial charge in [0.25, 0.3) is 0 Å². The van der Waals surface area contributed by atoms with E-state index in [1.54, 1.807) is 62.6 Å². The summed E-state index contributed by atoms with van der Waals surface area (Å²) < 4.78 is 21.0. The third-order valence-electron chi connectivity index (χ3n) is 4.46. The summed E-state index contributed by atoms with van der Waals surface area (Å²) in [7, 11) is 1.56. The van der Waals surface area contributed by atoms with Crippen molar-refractivity contribution in [3.63, 3.8) is 0 Å². The summed E-state index contributed by atoms with van der Waals surface area (Å²) in [6, 6.07) is 12.1. The van der Waals surface area contributed by atoms with Gasteiger partial charge in [0.1, 0.15) is 5.75 Å². The quantitative estimate of drug-likeness (QED) is 0.290. The lowest BCUT2D eigenvalue weighted by molar-refractivity contribution is -0.481. The number of nitrogens with zero attached hydrogens (tertiary/aromatic N) is 1. The predicted molar refractivity (Wildman–Crippen MR) is 105 cm³/mol. The number of esters is 1. The minimum atomic E-state index is -0.819. The van der Waals surface area contributed by atoms with Gasteiger partial charge < -0.3 is 18.9 Å². The predicted octanol–water partition coefficient (Wildman–Crippen LogP) is 3.43. The molecule has 3 rings (SSSR count).